The molecule has 2 aromatic carbocycles. The van der Waals surface area contributed by atoms with Gasteiger partial charge in [-0.15, -0.1) is 6.42 Å². The first-order chi connectivity index (χ1) is 9.80. The van der Waals surface area contributed by atoms with Gasteiger partial charge in [0.2, 0.25) is 0 Å². The van der Waals surface area contributed by atoms with Gasteiger partial charge in [-0.05, 0) is 35.2 Å². The number of carbonyl (C=O) groups is 1. The van der Waals surface area contributed by atoms with Gasteiger partial charge in [-0.2, -0.15) is 0 Å². The average Bonchev–Trinajstić information content (AvgIpc) is 2.50. The third-order valence-electron chi connectivity index (χ3n) is 3.72. The second-order valence-electron chi connectivity index (χ2n) is 5.16. The normalized spacial score (nSPS) is 10.4. The van der Waals surface area contributed by atoms with Gasteiger partial charge in [-0.25, -0.2) is 0 Å². The molecule has 0 heterocycles. The van der Waals surface area contributed by atoms with E-state index < -0.39 is 0 Å². The minimum atomic E-state index is 0. The summed E-state index contributed by atoms with van der Waals surface area (Å²) in [5, 5.41) is 2.05. The molecule has 1 heteroatoms. The molecule has 103 valence electrons. The van der Waals surface area contributed by atoms with Crippen molar-refractivity contribution in [2.75, 3.05) is 0 Å². The minimum Gasteiger partial charge on any atom is -0.298 e. The summed E-state index contributed by atoms with van der Waals surface area (Å²) >= 11 is 0. The lowest BCUT2D eigenvalue weighted by Crippen LogP contribution is -1.92. The fraction of sp³-hybridized carbons (Fsp3) is 0.316. The SMILES string of the molecule is C#Cc1ccc2cc(CCCCCC)ccc2c1C=O.[H]. The molecule has 2 aromatic rings. The van der Waals surface area contributed by atoms with Crippen molar-refractivity contribution in [3.63, 3.8) is 0 Å². The van der Waals surface area contributed by atoms with Gasteiger partial charge in [-0.3, -0.25) is 4.79 Å². The van der Waals surface area contributed by atoms with E-state index in [0.29, 0.717) is 11.1 Å². The third kappa shape index (κ3) is 3.08. The average molecular weight is 265 g/mol. The zero-order valence-electron chi connectivity index (χ0n) is 13.0. The van der Waals surface area contributed by atoms with Gasteiger partial charge < -0.3 is 0 Å². The Morgan fingerprint density at radius 3 is 2.75 bits per heavy atom. The number of hydrogen-bond donors (Lipinski definition) is 0. The highest BCUT2D eigenvalue weighted by molar-refractivity contribution is 6.00. The van der Waals surface area contributed by atoms with Crippen LogP contribution in [0.15, 0.2) is 30.3 Å². The van der Waals surface area contributed by atoms with Crippen LogP contribution in [0, 0.1) is 12.3 Å². The fourth-order valence-corrected chi connectivity index (χ4v) is 2.57. The molecule has 0 aliphatic carbocycles. The number of unbranched alkanes of at least 4 members (excludes halogenated alkanes) is 3. The molecular weight excluding hydrogens is 244 g/mol. The Labute approximate surface area is 122 Å². The number of terminal acetylenes is 1. The topological polar surface area (TPSA) is 17.1 Å². The quantitative estimate of drug-likeness (QED) is 0.414. The molecular formula is C19H21O. The molecule has 0 aliphatic rings. The minimum absolute atomic E-state index is 0. The van der Waals surface area contributed by atoms with Gasteiger partial charge >= 0.3 is 0 Å². The molecule has 0 saturated carbocycles. The molecule has 1 radical (unpaired) electrons. The van der Waals surface area contributed by atoms with Crippen LogP contribution in [0.4, 0.5) is 0 Å². The standard InChI is InChI=1S/C19H20O.H/c1-3-5-6-7-8-15-9-12-18-17(13-15)11-10-16(4-2)19(18)14-20;/h2,9-14H,3,5-8H2,1H3;. The van der Waals surface area contributed by atoms with Crippen LogP contribution in [0.2, 0.25) is 0 Å². The molecule has 0 spiro atoms. The molecule has 1 nitrogen and oxygen atoms in total. The second-order valence-corrected chi connectivity index (χ2v) is 5.16. The number of rotatable bonds is 6. The summed E-state index contributed by atoms with van der Waals surface area (Å²) in [5.41, 5.74) is 2.63. The predicted molar refractivity (Wildman–Crippen MR) is 86.2 cm³/mol. The van der Waals surface area contributed by atoms with Crippen LogP contribution in [0.25, 0.3) is 10.8 Å². The Bertz CT molecular complexity index is 652. The van der Waals surface area contributed by atoms with E-state index in [1.165, 1.54) is 31.2 Å². The molecule has 20 heavy (non-hydrogen) atoms. The summed E-state index contributed by atoms with van der Waals surface area (Å²) in [6.45, 7) is 2.22. The van der Waals surface area contributed by atoms with E-state index in [4.69, 9.17) is 6.42 Å². The largest absolute Gasteiger partial charge is 0.298 e. The Hall–Kier alpha value is -2.07. The first kappa shape index (κ1) is 14.3. The van der Waals surface area contributed by atoms with Crippen molar-refractivity contribution >= 4 is 17.1 Å². The van der Waals surface area contributed by atoms with Gasteiger partial charge in [0, 0.05) is 12.6 Å². The summed E-state index contributed by atoms with van der Waals surface area (Å²) in [7, 11) is 0. The number of aldehydes is 1. The Balaban J connectivity index is 0.00000220. The number of hydrogen-bond acceptors (Lipinski definition) is 1. The van der Waals surface area contributed by atoms with Gasteiger partial charge in [0.1, 0.15) is 0 Å². The molecule has 0 fully saturated rings. The maximum absolute atomic E-state index is 11.2. The number of benzene rings is 2. The van der Waals surface area contributed by atoms with Gasteiger partial charge in [0.15, 0.2) is 6.29 Å². The van der Waals surface area contributed by atoms with E-state index in [2.05, 4.69) is 25.0 Å². The maximum Gasteiger partial charge on any atom is 0.151 e. The monoisotopic (exact) mass is 265 g/mol. The van der Waals surface area contributed by atoms with Crippen LogP contribution in [0.1, 0.15) is 55.5 Å². The molecule has 0 aromatic heterocycles. The van der Waals surface area contributed by atoms with Crippen molar-refractivity contribution in [3.8, 4) is 12.3 Å². The highest BCUT2D eigenvalue weighted by Crippen LogP contribution is 2.23. The summed E-state index contributed by atoms with van der Waals surface area (Å²) in [5.74, 6) is 2.57. The van der Waals surface area contributed by atoms with Crippen molar-refractivity contribution in [1.29, 1.82) is 0 Å². The van der Waals surface area contributed by atoms with Crippen LogP contribution < -0.4 is 0 Å². The summed E-state index contributed by atoms with van der Waals surface area (Å²) in [4.78, 5) is 11.2. The molecule has 2 rings (SSSR count). The molecule has 0 unspecified atom stereocenters. The molecule has 0 atom stereocenters. The van der Waals surface area contributed by atoms with E-state index in [1.54, 1.807) is 0 Å². The summed E-state index contributed by atoms with van der Waals surface area (Å²) in [6, 6.07) is 10.2. The van der Waals surface area contributed by atoms with Crippen molar-refractivity contribution in [2.24, 2.45) is 0 Å². The van der Waals surface area contributed by atoms with Crippen molar-refractivity contribution in [1.82, 2.24) is 0 Å². The predicted octanol–water partition coefficient (Wildman–Crippen LogP) is 4.87. The number of fused-ring (bicyclic) bond motifs is 1. The van der Waals surface area contributed by atoms with Crippen molar-refractivity contribution in [3.05, 3.63) is 47.0 Å². The van der Waals surface area contributed by atoms with Crippen LogP contribution in [0.3, 0.4) is 0 Å². The van der Waals surface area contributed by atoms with Crippen LogP contribution >= 0.6 is 0 Å². The first-order valence-corrected chi connectivity index (χ1v) is 7.27. The van der Waals surface area contributed by atoms with Gasteiger partial charge in [0.05, 0.1) is 0 Å². The second kappa shape index (κ2) is 6.91. The molecule has 0 bridgehead atoms. The van der Waals surface area contributed by atoms with E-state index in [-0.39, 0.29) is 1.43 Å². The van der Waals surface area contributed by atoms with Gasteiger partial charge in [0.25, 0.3) is 0 Å². The van der Waals surface area contributed by atoms with Crippen LogP contribution in [0.5, 0.6) is 0 Å². The lowest BCUT2D eigenvalue weighted by molar-refractivity contribution is 0.112. The molecule has 0 N–H and O–H groups in total. The summed E-state index contributed by atoms with van der Waals surface area (Å²) in [6.07, 6.45) is 12.5. The van der Waals surface area contributed by atoms with Crippen LogP contribution in [-0.2, 0) is 6.42 Å². The highest BCUT2D eigenvalue weighted by atomic mass is 16.1. The summed E-state index contributed by atoms with van der Waals surface area (Å²) < 4.78 is 0. The smallest absolute Gasteiger partial charge is 0.151 e. The van der Waals surface area contributed by atoms with Crippen LogP contribution in [-0.4, -0.2) is 6.29 Å². The highest BCUT2D eigenvalue weighted by Gasteiger charge is 2.06. The lowest BCUT2D eigenvalue weighted by Gasteiger charge is -2.07. The lowest BCUT2D eigenvalue weighted by atomic mass is 9.97. The van der Waals surface area contributed by atoms with E-state index in [0.717, 1.165) is 23.5 Å². The van der Waals surface area contributed by atoms with E-state index in [9.17, 15) is 4.79 Å². The maximum atomic E-state index is 11.2. The third-order valence-corrected chi connectivity index (χ3v) is 3.72. The molecule has 0 saturated heterocycles. The number of carbonyl (C=O) groups excluding carboxylic acids is 1. The van der Waals surface area contributed by atoms with E-state index >= 15 is 0 Å². The molecule has 0 aliphatic heterocycles. The fourth-order valence-electron chi connectivity index (χ4n) is 2.57. The van der Waals surface area contributed by atoms with E-state index in [1.807, 2.05) is 18.2 Å². The van der Waals surface area contributed by atoms with Crippen molar-refractivity contribution in [2.45, 2.75) is 39.0 Å². The molecule has 0 amide bonds. The zero-order valence-corrected chi connectivity index (χ0v) is 12.0. The van der Waals surface area contributed by atoms with Gasteiger partial charge in [-0.1, -0.05) is 56.4 Å². The zero-order chi connectivity index (χ0) is 14.4. The Morgan fingerprint density at radius 2 is 2.05 bits per heavy atom. The number of aryl methyl sites for hydroxylation is 1. The van der Waals surface area contributed by atoms with Crippen molar-refractivity contribution < 1.29 is 6.22 Å². The Kier molecular flexibility index (Phi) is 4.96. The first-order valence-electron chi connectivity index (χ1n) is 7.27. The Morgan fingerprint density at radius 1 is 1.20 bits per heavy atom.